The smallest absolute Gasteiger partial charge is 0.335 e. The zero-order valence-corrected chi connectivity index (χ0v) is 11.6. The normalized spacial score (nSPS) is 11.5. The van der Waals surface area contributed by atoms with Crippen molar-refractivity contribution >= 4 is 0 Å². The van der Waals surface area contributed by atoms with Crippen LogP contribution in [0.15, 0.2) is 36.7 Å². The summed E-state index contributed by atoms with van der Waals surface area (Å²) in [6.45, 7) is 7.68. The lowest BCUT2D eigenvalue weighted by molar-refractivity contribution is 0.272. The molecule has 5 heteroatoms. The molecule has 2 aromatic rings. The first-order valence-electron chi connectivity index (χ1n) is 6.39. The molecule has 1 aromatic carbocycles. The zero-order valence-electron chi connectivity index (χ0n) is 11.6. The van der Waals surface area contributed by atoms with Crippen LogP contribution in [0, 0.1) is 0 Å². The molecular formula is C14H20N4O. The number of nitrogens with one attached hydrogen (secondary N) is 1. The Hall–Kier alpha value is -1.88. The fourth-order valence-corrected chi connectivity index (χ4v) is 1.59. The Morgan fingerprint density at radius 2 is 1.95 bits per heavy atom. The molecule has 1 heterocycles. The van der Waals surface area contributed by atoms with Crippen molar-refractivity contribution < 1.29 is 4.74 Å². The molecule has 19 heavy (non-hydrogen) atoms. The van der Waals surface area contributed by atoms with Crippen molar-refractivity contribution in [3.05, 3.63) is 36.7 Å². The molecule has 0 aliphatic heterocycles. The summed E-state index contributed by atoms with van der Waals surface area (Å²) in [6.07, 6.45) is 1.65. The molecule has 2 rings (SSSR count). The molecule has 0 aliphatic carbocycles. The van der Waals surface area contributed by atoms with Crippen molar-refractivity contribution in [2.45, 2.75) is 26.3 Å². The van der Waals surface area contributed by atoms with Crippen molar-refractivity contribution in [2.75, 3.05) is 13.2 Å². The molecule has 0 saturated carbocycles. The minimum absolute atomic E-state index is 0.0974. The molecule has 0 saturated heterocycles. The lowest BCUT2D eigenvalue weighted by Crippen LogP contribution is -2.38. The fraction of sp³-hybridized carbons (Fsp3) is 0.429. The fourth-order valence-electron chi connectivity index (χ4n) is 1.59. The van der Waals surface area contributed by atoms with E-state index in [0.29, 0.717) is 12.6 Å². The molecule has 0 atom stereocenters. The molecule has 0 spiro atoms. The van der Waals surface area contributed by atoms with Crippen LogP contribution < -0.4 is 10.1 Å². The van der Waals surface area contributed by atoms with Crippen LogP contribution in [0.25, 0.3) is 5.69 Å². The van der Waals surface area contributed by atoms with E-state index in [2.05, 4.69) is 36.2 Å². The summed E-state index contributed by atoms with van der Waals surface area (Å²) in [6, 6.07) is 10.2. The SMILES string of the molecule is CC(C)(C)NCCOc1ncn(-c2ccccc2)n1. The van der Waals surface area contributed by atoms with E-state index in [4.69, 9.17) is 4.74 Å². The van der Waals surface area contributed by atoms with E-state index in [-0.39, 0.29) is 5.54 Å². The van der Waals surface area contributed by atoms with E-state index in [1.54, 1.807) is 11.0 Å². The highest BCUT2D eigenvalue weighted by Crippen LogP contribution is 2.08. The van der Waals surface area contributed by atoms with Gasteiger partial charge in [0.05, 0.1) is 5.69 Å². The first-order valence-corrected chi connectivity index (χ1v) is 6.39. The number of benzene rings is 1. The number of hydrogen-bond acceptors (Lipinski definition) is 4. The summed E-state index contributed by atoms with van der Waals surface area (Å²) in [5.74, 6) is 0. The minimum atomic E-state index is 0.0974. The monoisotopic (exact) mass is 260 g/mol. The molecule has 1 aromatic heterocycles. The first kappa shape index (κ1) is 13.5. The number of aromatic nitrogens is 3. The largest absolute Gasteiger partial charge is 0.461 e. The summed E-state index contributed by atoms with van der Waals surface area (Å²) < 4.78 is 7.20. The van der Waals surface area contributed by atoms with Crippen LogP contribution in [0.2, 0.25) is 0 Å². The quantitative estimate of drug-likeness (QED) is 0.836. The third kappa shape index (κ3) is 4.37. The Kier molecular flexibility index (Phi) is 4.16. The Labute approximate surface area is 113 Å². The van der Waals surface area contributed by atoms with Gasteiger partial charge in [-0.05, 0) is 32.9 Å². The number of hydrogen-bond donors (Lipinski definition) is 1. The maximum absolute atomic E-state index is 5.50. The molecule has 102 valence electrons. The van der Waals surface area contributed by atoms with Gasteiger partial charge in [0.1, 0.15) is 12.9 Å². The minimum Gasteiger partial charge on any atom is -0.461 e. The van der Waals surface area contributed by atoms with Gasteiger partial charge in [0.15, 0.2) is 0 Å². The van der Waals surface area contributed by atoms with Crippen LogP contribution in [0.3, 0.4) is 0 Å². The molecule has 0 radical (unpaired) electrons. The van der Waals surface area contributed by atoms with Gasteiger partial charge in [-0.3, -0.25) is 0 Å². The first-order chi connectivity index (χ1) is 9.04. The molecular weight excluding hydrogens is 240 g/mol. The van der Waals surface area contributed by atoms with Gasteiger partial charge in [-0.2, -0.15) is 4.98 Å². The Balaban J connectivity index is 1.85. The van der Waals surface area contributed by atoms with E-state index in [0.717, 1.165) is 12.2 Å². The van der Waals surface area contributed by atoms with Crippen molar-refractivity contribution in [1.82, 2.24) is 20.1 Å². The summed E-state index contributed by atoms with van der Waals surface area (Å²) in [5, 5.41) is 7.61. The van der Waals surface area contributed by atoms with Crippen molar-refractivity contribution in [3.63, 3.8) is 0 Å². The average Bonchev–Trinajstić information content (AvgIpc) is 2.83. The average molecular weight is 260 g/mol. The van der Waals surface area contributed by atoms with Crippen LogP contribution in [-0.4, -0.2) is 33.5 Å². The van der Waals surface area contributed by atoms with E-state index in [9.17, 15) is 0 Å². The van der Waals surface area contributed by atoms with Crippen molar-refractivity contribution in [1.29, 1.82) is 0 Å². The van der Waals surface area contributed by atoms with Crippen LogP contribution in [0.5, 0.6) is 6.01 Å². The Morgan fingerprint density at radius 1 is 1.21 bits per heavy atom. The molecule has 0 amide bonds. The lowest BCUT2D eigenvalue weighted by Gasteiger charge is -2.19. The second kappa shape index (κ2) is 5.84. The molecule has 0 aliphatic rings. The number of para-hydroxylation sites is 1. The van der Waals surface area contributed by atoms with E-state index < -0.39 is 0 Å². The number of ether oxygens (including phenoxy) is 1. The maximum Gasteiger partial charge on any atom is 0.335 e. The molecule has 0 fully saturated rings. The van der Waals surface area contributed by atoms with Gasteiger partial charge < -0.3 is 10.1 Å². The summed E-state index contributed by atoms with van der Waals surface area (Å²) in [4.78, 5) is 4.13. The maximum atomic E-state index is 5.50. The van der Waals surface area contributed by atoms with Crippen molar-refractivity contribution in [2.24, 2.45) is 0 Å². The van der Waals surface area contributed by atoms with Gasteiger partial charge in [0, 0.05) is 12.1 Å². The lowest BCUT2D eigenvalue weighted by atomic mass is 10.1. The standard InChI is InChI=1S/C14H20N4O/c1-14(2,3)16-9-10-19-13-15-11-18(17-13)12-7-5-4-6-8-12/h4-8,11,16H,9-10H2,1-3H3. The number of rotatable bonds is 5. The van der Waals surface area contributed by atoms with Crippen LogP contribution in [-0.2, 0) is 0 Å². The number of nitrogens with zero attached hydrogens (tertiary/aromatic N) is 3. The molecule has 5 nitrogen and oxygen atoms in total. The third-order valence-electron chi connectivity index (χ3n) is 2.48. The van der Waals surface area contributed by atoms with Gasteiger partial charge >= 0.3 is 6.01 Å². The summed E-state index contributed by atoms with van der Waals surface area (Å²) in [7, 11) is 0. The predicted octanol–water partition coefficient (Wildman–Crippen LogP) is 2.03. The topological polar surface area (TPSA) is 52.0 Å². The van der Waals surface area contributed by atoms with Gasteiger partial charge in [0.25, 0.3) is 0 Å². The highest BCUT2D eigenvalue weighted by molar-refractivity contribution is 5.29. The van der Waals surface area contributed by atoms with Crippen LogP contribution in [0.1, 0.15) is 20.8 Å². The molecule has 0 unspecified atom stereocenters. The van der Waals surface area contributed by atoms with E-state index in [1.807, 2.05) is 30.3 Å². The van der Waals surface area contributed by atoms with Gasteiger partial charge in [-0.1, -0.05) is 18.2 Å². The van der Waals surface area contributed by atoms with Gasteiger partial charge in [-0.15, -0.1) is 5.10 Å². The Morgan fingerprint density at radius 3 is 2.63 bits per heavy atom. The summed E-state index contributed by atoms with van der Waals surface area (Å²) in [5.41, 5.74) is 1.07. The van der Waals surface area contributed by atoms with Gasteiger partial charge in [0.2, 0.25) is 0 Å². The van der Waals surface area contributed by atoms with E-state index in [1.165, 1.54) is 0 Å². The van der Waals surface area contributed by atoms with E-state index >= 15 is 0 Å². The van der Waals surface area contributed by atoms with Gasteiger partial charge in [-0.25, -0.2) is 4.68 Å². The second-order valence-electron chi connectivity index (χ2n) is 5.33. The second-order valence-corrected chi connectivity index (χ2v) is 5.33. The van der Waals surface area contributed by atoms with Crippen molar-refractivity contribution in [3.8, 4) is 11.7 Å². The predicted molar refractivity (Wildman–Crippen MR) is 74.6 cm³/mol. The molecule has 1 N–H and O–H groups in total. The summed E-state index contributed by atoms with van der Waals surface area (Å²) >= 11 is 0. The highest BCUT2D eigenvalue weighted by Gasteiger charge is 2.08. The third-order valence-corrected chi connectivity index (χ3v) is 2.48. The molecule has 0 bridgehead atoms. The van der Waals surface area contributed by atoms with Crippen LogP contribution >= 0.6 is 0 Å². The highest BCUT2D eigenvalue weighted by atomic mass is 16.5. The zero-order chi connectivity index (χ0) is 13.7. The Bertz CT molecular complexity index is 502. The van der Waals surface area contributed by atoms with Crippen LogP contribution in [0.4, 0.5) is 0 Å².